The molecular weight excluding hydrogens is 244 g/mol. The molecule has 1 fully saturated rings. The molecule has 1 aromatic rings. The van der Waals surface area contributed by atoms with E-state index < -0.39 is 0 Å². The van der Waals surface area contributed by atoms with Crippen molar-refractivity contribution >= 4 is 0 Å². The predicted octanol–water partition coefficient (Wildman–Crippen LogP) is 4.45. The van der Waals surface area contributed by atoms with Crippen molar-refractivity contribution in [2.24, 2.45) is 11.3 Å². The molecule has 0 saturated heterocycles. The summed E-state index contributed by atoms with van der Waals surface area (Å²) in [6, 6.07) is 13.2. The van der Waals surface area contributed by atoms with E-state index in [2.05, 4.69) is 63.3 Å². The Bertz CT molecular complexity index is 480. The van der Waals surface area contributed by atoms with Gasteiger partial charge in [-0.1, -0.05) is 57.5 Å². The minimum atomic E-state index is -0.381. The summed E-state index contributed by atoms with van der Waals surface area (Å²) in [6.07, 6.45) is 3.25. The third kappa shape index (κ3) is 2.88. The first kappa shape index (κ1) is 15.1. The molecule has 3 atom stereocenters. The van der Waals surface area contributed by atoms with Gasteiger partial charge < -0.3 is 0 Å². The lowest BCUT2D eigenvalue weighted by molar-refractivity contribution is 0.153. The van der Waals surface area contributed by atoms with Crippen molar-refractivity contribution < 1.29 is 0 Å². The van der Waals surface area contributed by atoms with Crippen LogP contribution in [0.5, 0.6) is 0 Å². The summed E-state index contributed by atoms with van der Waals surface area (Å²) < 4.78 is 0. The summed E-state index contributed by atoms with van der Waals surface area (Å²) in [5.74, 6) is 0.408. The highest BCUT2D eigenvalue weighted by Gasteiger charge is 2.49. The minimum Gasteiger partial charge on any atom is -0.292 e. The van der Waals surface area contributed by atoms with Crippen molar-refractivity contribution in [3.05, 3.63) is 35.9 Å². The molecule has 108 valence electrons. The Hall–Kier alpha value is -1.33. The van der Waals surface area contributed by atoms with E-state index in [0.717, 1.165) is 19.3 Å². The highest BCUT2D eigenvalue weighted by molar-refractivity contribution is 5.23. The molecule has 0 heterocycles. The van der Waals surface area contributed by atoms with Gasteiger partial charge in [0.1, 0.15) is 5.54 Å². The Morgan fingerprint density at radius 2 is 1.95 bits per heavy atom. The lowest BCUT2D eigenvalue weighted by Gasteiger charge is -2.40. The van der Waals surface area contributed by atoms with Gasteiger partial charge in [-0.2, -0.15) is 5.26 Å². The maximum Gasteiger partial charge on any atom is 0.110 e. The zero-order chi connectivity index (χ0) is 14.8. The monoisotopic (exact) mass is 270 g/mol. The molecule has 0 bridgehead atoms. The van der Waals surface area contributed by atoms with Gasteiger partial charge in [0, 0.05) is 6.04 Å². The second kappa shape index (κ2) is 5.58. The van der Waals surface area contributed by atoms with Crippen molar-refractivity contribution in [2.45, 2.75) is 58.5 Å². The van der Waals surface area contributed by atoms with Crippen molar-refractivity contribution in [3.8, 4) is 6.07 Å². The molecule has 1 aliphatic carbocycles. The van der Waals surface area contributed by atoms with Gasteiger partial charge >= 0.3 is 0 Å². The highest BCUT2D eigenvalue weighted by atomic mass is 15.0. The SMILES string of the molecule is C[C@@H](N[C@@]1(C#N)CCC[C@@H]1C(C)(C)C)c1ccccc1. The number of nitrogens with one attached hydrogen (secondary N) is 1. The van der Waals surface area contributed by atoms with Crippen LogP contribution in [0, 0.1) is 22.7 Å². The first-order valence-electron chi connectivity index (χ1n) is 7.63. The van der Waals surface area contributed by atoms with E-state index >= 15 is 0 Å². The molecule has 2 nitrogen and oxygen atoms in total. The second-order valence-electron chi connectivity index (χ2n) is 7.17. The second-order valence-corrected chi connectivity index (χ2v) is 7.17. The molecule has 0 aromatic heterocycles. The number of benzene rings is 1. The zero-order valence-corrected chi connectivity index (χ0v) is 13.1. The van der Waals surface area contributed by atoms with E-state index in [0.29, 0.717) is 5.92 Å². The van der Waals surface area contributed by atoms with Crippen LogP contribution >= 0.6 is 0 Å². The average Bonchev–Trinajstić information content (AvgIpc) is 2.84. The molecule has 1 N–H and O–H groups in total. The van der Waals surface area contributed by atoms with Gasteiger partial charge in [0.15, 0.2) is 0 Å². The summed E-state index contributed by atoms with van der Waals surface area (Å²) in [5, 5.41) is 13.5. The van der Waals surface area contributed by atoms with Gasteiger partial charge in [-0.3, -0.25) is 5.32 Å². The maximum absolute atomic E-state index is 9.83. The molecule has 0 spiro atoms. The van der Waals surface area contributed by atoms with Crippen LogP contribution in [0.1, 0.15) is 58.6 Å². The fourth-order valence-electron chi connectivity index (χ4n) is 3.73. The Kier molecular flexibility index (Phi) is 4.20. The van der Waals surface area contributed by atoms with E-state index in [1.807, 2.05) is 6.07 Å². The number of hydrogen-bond acceptors (Lipinski definition) is 2. The zero-order valence-electron chi connectivity index (χ0n) is 13.1. The molecule has 1 aliphatic rings. The number of nitrogens with zero attached hydrogens (tertiary/aromatic N) is 1. The van der Waals surface area contributed by atoms with Gasteiger partial charge in [0.2, 0.25) is 0 Å². The average molecular weight is 270 g/mol. The van der Waals surface area contributed by atoms with Crippen molar-refractivity contribution in [3.63, 3.8) is 0 Å². The third-order valence-corrected chi connectivity index (χ3v) is 4.68. The standard InChI is InChI=1S/C18H26N2/c1-14(15-9-6-5-7-10-15)20-18(13-19)12-8-11-16(18)17(2,3)4/h5-7,9-10,14,16,20H,8,11-12H2,1-4H3/t14-,16-,18-/m1/s1. The van der Waals surface area contributed by atoms with Gasteiger partial charge in [0.25, 0.3) is 0 Å². The molecule has 0 unspecified atom stereocenters. The fourth-order valence-corrected chi connectivity index (χ4v) is 3.73. The van der Waals surface area contributed by atoms with Crippen LogP contribution in [-0.2, 0) is 0 Å². The van der Waals surface area contributed by atoms with Crippen LogP contribution in [0.15, 0.2) is 30.3 Å². The van der Waals surface area contributed by atoms with E-state index in [9.17, 15) is 5.26 Å². The Labute approximate surface area is 123 Å². The molecule has 20 heavy (non-hydrogen) atoms. The fraction of sp³-hybridized carbons (Fsp3) is 0.611. The van der Waals surface area contributed by atoms with Crippen molar-refractivity contribution in [1.29, 1.82) is 5.26 Å². The van der Waals surface area contributed by atoms with Gasteiger partial charge in [-0.25, -0.2) is 0 Å². The van der Waals surface area contributed by atoms with Crippen LogP contribution in [0.4, 0.5) is 0 Å². The predicted molar refractivity (Wildman–Crippen MR) is 83.1 cm³/mol. The molecule has 1 aromatic carbocycles. The Morgan fingerprint density at radius 3 is 2.50 bits per heavy atom. The molecule has 1 saturated carbocycles. The summed E-state index contributed by atoms with van der Waals surface area (Å²) >= 11 is 0. The van der Waals surface area contributed by atoms with Crippen LogP contribution in [-0.4, -0.2) is 5.54 Å². The smallest absolute Gasteiger partial charge is 0.110 e. The molecule has 0 aliphatic heterocycles. The summed E-state index contributed by atoms with van der Waals surface area (Å²) in [4.78, 5) is 0. The van der Waals surface area contributed by atoms with Crippen LogP contribution in [0.3, 0.4) is 0 Å². The lowest BCUT2D eigenvalue weighted by Crippen LogP contribution is -2.51. The lowest BCUT2D eigenvalue weighted by atomic mass is 9.71. The van der Waals surface area contributed by atoms with Gasteiger partial charge in [-0.15, -0.1) is 0 Å². The normalized spacial score (nSPS) is 28.1. The minimum absolute atomic E-state index is 0.162. The molecule has 2 heteroatoms. The molecule has 2 rings (SSSR count). The van der Waals surface area contributed by atoms with Gasteiger partial charge in [-0.05, 0) is 36.7 Å². The van der Waals surface area contributed by atoms with Crippen LogP contribution in [0.25, 0.3) is 0 Å². The summed E-state index contributed by atoms with van der Waals surface area (Å²) in [6.45, 7) is 8.92. The molecule has 0 amide bonds. The largest absolute Gasteiger partial charge is 0.292 e. The Morgan fingerprint density at radius 1 is 1.30 bits per heavy atom. The quantitative estimate of drug-likeness (QED) is 0.881. The summed E-state index contributed by atoms with van der Waals surface area (Å²) in [5.41, 5.74) is 1.03. The van der Waals surface area contributed by atoms with Crippen LogP contribution in [0.2, 0.25) is 0 Å². The van der Waals surface area contributed by atoms with Gasteiger partial charge in [0.05, 0.1) is 6.07 Å². The first-order chi connectivity index (χ1) is 9.39. The number of rotatable bonds is 3. The maximum atomic E-state index is 9.83. The third-order valence-electron chi connectivity index (χ3n) is 4.68. The van der Waals surface area contributed by atoms with E-state index in [-0.39, 0.29) is 17.0 Å². The van der Waals surface area contributed by atoms with Crippen molar-refractivity contribution in [2.75, 3.05) is 0 Å². The summed E-state index contributed by atoms with van der Waals surface area (Å²) in [7, 11) is 0. The van der Waals surface area contributed by atoms with E-state index in [4.69, 9.17) is 0 Å². The van der Waals surface area contributed by atoms with E-state index in [1.54, 1.807) is 0 Å². The number of nitriles is 1. The topological polar surface area (TPSA) is 35.8 Å². The number of hydrogen-bond donors (Lipinski definition) is 1. The molecule has 0 radical (unpaired) electrons. The Balaban J connectivity index is 2.22. The first-order valence-corrected chi connectivity index (χ1v) is 7.63. The molecular formula is C18H26N2. The highest BCUT2D eigenvalue weighted by Crippen LogP contribution is 2.46. The van der Waals surface area contributed by atoms with Crippen molar-refractivity contribution in [1.82, 2.24) is 5.32 Å². The van der Waals surface area contributed by atoms with E-state index in [1.165, 1.54) is 5.56 Å². The van der Waals surface area contributed by atoms with Crippen LogP contribution < -0.4 is 5.32 Å².